The fraction of sp³-hybridized carbons (Fsp3) is 0.647. The number of ether oxygens (including phenoxy) is 1. The Morgan fingerprint density at radius 2 is 2.00 bits per heavy atom. The third-order valence-corrected chi connectivity index (χ3v) is 4.23. The second kappa shape index (κ2) is 7.09. The number of nitrogens with two attached hydrogens (primary N) is 1. The molecule has 3 nitrogen and oxygen atoms in total. The topological polar surface area (TPSA) is 38.5 Å². The fourth-order valence-corrected chi connectivity index (χ4v) is 2.62. The van der Waals surface area contributed by atoms with Crippen LogP contribution < -0.4 is 10.5 Å². The van der Waals surface area contributed by atoms with Crippen molar-refractivity contribution in [3.8, 4) is 5.75 Å². The minimum absolute atomic E-state index is 0.537. The first-order valence-electron chi connectivity index (χ1n) is 7.73. The molecular weight excluding hydrogens is 248 g/mol. The summed E-state index contributed by atoms with van der Waals surface area (Å²) in [7, 11) is 0. The molecule has 1 aromatic rings. The largest absolute Gasteiger partial charge is 0.494 e. The molecule has 0 saturated carbocycles. The van der Waals surface area contributed by atoms with Gasteiger partial charge in [0.15, 0.2) is 0 Å². The van der Waals surface area contributed by atoms with Gasteiger partial charge in [-0.3, -0.25) is 0 Å². The normalized spacial score (nSPS) is 18.9. The molecule has 1 fully saturated rings. The van der Waals surface area contributed by atoms with Crippen LogP contribution in [-0.2, 0) is 6.54 Å². The molecule has 2 N–H and O–H groups in total. The van der Waals surface area contributed by atoms with Crippen LogP contribution in [-0.4, -0.2) is 31.1 Å². The molecule has 0 bridgehead atoms. The van der Waals surface area contributed by atoms with Gasteiger partial charge in [0.1, 0.15) is 5.75 Å². The molecule has 2 rings (SSSR count). The summed E-state index contributed by atoms with van der Waals surface area (Å²) in [5.74, 6) is 0.938. The van der Waals surface area contributed by atoms with Gasteiger partial charge in [0.05, 0.1) is 6.61 Å². The van der Waals surface area contributed by atoms with Crippen molar-refractivity contribution in [2.45, 2.75) is 39.7 Å². The Kier molecular flexibility index (Phi) is 5.44. The van der Waals surface area contributed by atoms with Crippen molar-refractivity contribution in [2.24, 2.45) is 11.1 Å². The maximum Gasteiger partial charge on any atom is 0.119 e. The first kappa shape index (κ1) is 15.3. The number of likely N-dealkylation sites (tertiary alicyclic amines) is 1. The van der Waals surface area contributed by atoms with E-state index < -0.39 is 0 Å². The molecule has 3 heteroatoms. The van der Waals surface area contributed by atoms with Gasteiger partial charge in [0, 0.05) is 13.1 Å². The van der Waals surface area contributed by atoms with Gasteiger partial charge in [-0.1, -0.05) is 26.0 Å². The SMILES string of the molecule is CC1(C)CCN(CCCOc2cccc(CN)c2)CC1. The highest BCUT2D eigenvalue weighted by atomic mass is 16.5. The second-order valence-corrected chi connectivity index (χ2v) is 6.56. The van der Waals surface area contributed by atoms with Crippen molar-refractivity contribution >= 4 is 0 Å². The minimum atomic E-state index is 0.537. The predicted molar refractivity (Wildman–Crippen MR) is 83.9 cm³/mol. The van der Waals surface area contributed by atoms with E-state index in [1.807, 2.05) is 24.3 Å². The smallest absolute Gasteiger partial charge is 0.119 e. The second-order valence-electron chi connectivity index (χ2n) is 6.56. The van der Waals surface area contributed by atoms with Crippen LogP contribution in [0.5, 0.6) is 5.75 Å². The number of benzene rings is 1. The van der Waals surface area contributed by atoms with Crippen molar-refractivity contribution < 1.29 is 4.74 Å². The van der Waals surface area contributed by atoms with Crippen LogP contribution in [0, 0.1) is 5.41 Å². The van der Waals surface area contributed by atoms with Crippen LogP contribution in [0.25, 0.3) is 0 Å². The van der Waals surface area contributed by atoms with E-state index in [-0.39, 0.29) is 0 Å². The lowest BCUT2D eigenvalue weighted by Gasteiger charge is -2.36. The number of piperidine rings is 1. The van der Waals surface area contributed by atoms with Crippen molar-refractivity contribution in [1.82, 2.24) is 4.90 Å². The maximum absolute atomic E-state index is 5.80. The molecule has 1 aliphatic rings. The minimum Gasteiger partial charge on any atom is -0.494 e. The van der Waals surface area contributed by atoms with E-state index in [0.717, 1.165) is 30.9 Å². The Hall–Kier alpha value is -1.06. The van der Waals surface area contributed by atoms with Gasteiger partial charge < -0.3 is 15.4 Å². The average molecular weight is 276 g/mol. The first-order chi connectivity index (χ1) is 9.59. The Morgan fingerprint density at radius 1 is 1.25 bits per heavy atom. The van der Waals surface area contributed by atoms with Gasteiger partial charge in [-0.25, -0.2) is 0 Å². The number of nitrogens with zero attached hydrogens (tertiary/aromatic N) is 1. The third-order valence-electron chi connectivity index (χ3n) is 4.23. The van der Waals surface area contributed by atoms with Crippen LogP contribution in [0.1, 0.15) is 38.7 Å². The van der Waals surface area contributed by atoms with Crippen LogP contribution in [0.15, 0.2) is 24.3 Å². The van der Waals surface area contributed by atoms with E-state index in [1.165, 1.54) is 25.9 Å². The lowest BCUT2D eigenvalue weighted by molar-refractivity contribution is 0.126. The van der Waals surface area contributed by atoms with Gasteiger partial charge in [-0.2, -0.15) is 0 Å². The van der Waals surface area contributed by atoms with Gasteiger partial charge >= 0.3 is 0 Å². The van der Waals surface area contributed by atoms with Crippen molar-refractivity contribution in [2.75, 3.05) is 26.2 Å². The summed E-state index contributed by atoms with van der Waals surface area (Å²) in [5.41, 5.74) is 7.29. The van der Waals surface area contributed by atoms with Crippen LogP contribution >= 0.6 is 0 Å². The number of hydrogen-bond acceptors (Lipinski definition) is 3. The molecule has 0 unspecified atom stereocenters. The maximum atomic E-state index is 5.80. The Labute approximate surface area is 123 Å². The summed E-state index contributed by atoms with van der Waals surface area (Å²) in [4.78, 5) is 2.56. The van der Waals surface area contributed by atoms with Gasteiger partial charge in [0.2, 0.25) is 0 Å². The summed E-state index contributed by atoms with van der Waals surface area (Å²) in [6.07, 6.45) is 3.71. The molecule has 1 heterocycles. The summed E-state index contributed by atoms with van der Waals surface area (Å²) in [5, 5.41) is 0. The Morgan fingerprint density at radius 3 is 2.70 bits per heavy atom. The van der Waals surface area contributed by atoms with E-state index in [1.54, 1.807) is 0 Å². The fourth-order valence-electron chi connectivity index (χ4n) is 2.62. The lowest BCUT2D eigenvalue weighted by atomic mass is 9.83. The molecule has 112 valence electrons. The highest BCUT2D eigenvalue weighted by Crippen LogP contribution is 2.29. The highest BCUT2D eigenvalue weighted by molar-refractivity contribution is 5.28. The molecular formula is C17H28N2O. The van der Waals surface area contributed by atoms with E-state index >= 15 is 0 Å². The Balaban J connectivity index is 1.64. The van der Waals surface area contributed by atoms with Crippen molar-refractivity contribution in [1.29, 1.82) is 0 Å². The van der Waals surface area contributed by atoms with E-state index in [4.69, 9.17) is 10.5 Å². The molecule has 0 aromatic heterocycles. The third kappa shape index (κ3) is 4.80. The predicted octanol–water partition coefficient (Wildman–Crippen LogP) is 3.04. The summed E-state index contributed by atoms with van der Waals surface area (Å²) >= 11 is 0. The number of hydrogen-bond donors (Lipinski definition) is 1. The van der Waals surface area contributed by atoms with Gasteiger partial charge in [-0.15, -0.1) is 0 Å². The lowest BCUT2D eigenvalue weighted by Crippen LogP contribution is -2.38. The molecule has 0 spiro atoms. The summed E-state index contributed by atoms with van der Waals surface area (Å²) in [6.45, 7) is 9.71. The molecule has 20 heavy (non-hydrogen) atoms. The quantitative estimate of drug-likeness (QED) is 0.812. The van der Waals surface area contributed by atoms with Crippen LogP contribution in [0.2, 0.25) is 0 Å². The van der Waals surface area contributed by atoms with Crippen LogP contribution in [0.3, 0.4) is 0 Å². The molecule has 0 atom stereocenters. The zero-order chi connectivity index (χ0) is 14.4. The molecule has 0 radical (unpaired) electrons. The van der Waals surface area contributed by atoms with E-state index in [0.29, 0.717) is 12.0 Å². The highest BCUT2D eigenvalue weighted by Gasteiger charge is 2.24. The zero-order valence-electron chi connectivity index (χ0n) is 12.9. The molecule has 0 amide bonds. The average Bonchev–Trinajstić information content (AvgIpc) is 2.45. The summed E-state index contributed by atoms with van der Waals surface area (Å²) in [6, 6.07) is 8.07. The number of rotatable bonds is 6. The Bertz CT molecular complexity index is 407. The summed E-state index contributed by atoms with van der Waals surface area (Å²) < 4.78 is 5.80. The molecule has 1 saturated heterocycles. The standard InChI is InChI=1S/C17H28N2O/c1-17(2)7-10-19(11-8-17)9-4-12-20-16-6-3-5-15(13-16)14-18/h3,5-6,13H,4,7-12,14,18H2,1-2H3. The first-order valence-corrected chi connectivity index (χ1v) is 7.73. The van der Waals surface area contributed by atoms with Crippen molar-refractivity contribution in [3.05, 3.63) is 29.8 Å². The van der Waals surface area contributed by atoms with Gasteiger partial charge in [0.25, 0.3) is 0 Å². The molecule has 1 aliphatic heterocycles. The monoisotopic (exact) mass is 276 g/mol. The van der Waals surface area contributed by atoms with Crippen LogP contribution in [0.4, 0.5) is 0 Å². The molecule has 1 aromatic carbocycles. The molecule has 0 aliphatic carbocycles. The van der Waals surface area contributed by atoms with Gasteiger partial charge in [-0.05, 0) is 55.5 Å². The van der Waals surface area contributed by atoms with E-state index in [9.17, 15) is 0 Å². The zero-order valence-corrected chi connectivity index (χ0v) is 12.9. The van der Waals surface area contributed by atoms with E-state index in [2.05, 4.69) is 18.7 Å². The van der Waals surface area contributed by atoms with Crippen molar-refractivity contribution in [3.63, 3.8) is 0 Å².